The van der Waals surface area contributed by atoms with Crippen LogP contribution >= 0.6 is 0 Å². The van der Waals surface area contributed by atoms with Gasteiger partial charge in [0.05, 0.1) is 6.61 Å². The lowest BCUT2D eigenvalue weighted by molar-refractivity contribution is 0.301. The van der Waals surface area contributed by atoms with Crippen LogP contribution in [0.4, 0.5) is 14.5 Å². The van der Waals surface area contributed by atoms with Gasteiger partial charge in [0.15, 0.2) is 8.32 Å². The van der Waals surface area contributed by atoms with Crippen molar-refractivity contribution >= 4 is 14.0 Å². The molecule has 1 aromatic carbocycles. The minimum Gasteiger partial charge on any atom is -0.415 e. The highest BCUT2D eigenvalue weighted by Crippen LogP contribution is 2.36. The molecule has 0 heterocycles. The van der Waals surface area contributed by atoms with Crippen molar-refractivity contribution < 1.29 is 13.2 Å². The first kappa shape index (κ1) is 16.1. The molecule has 5 heteroatoms. The van der Waals surface area contributed by atoms with Crippen molar-refractivity contribution in [3.63, 3.8) is 0 Å². The van der Waals surface area contributed by atoms with Gasteiger partial charge >= 0.3 is 0 Å². The van der Waals surface area contributed by atoms with E-state index < -0.39 is 20.0 Å². The Morgan fingerprint density at radius 3 is 2.11 bits per heavy atom. The minimum atomic E-state index is -1.75. The Balaban J connectivity index is 2.43. The molecular weight excluding hydrogens is 264 g/mol. The van der Waals surface area contributed by atoms with Crippen LogP contribution in [0.15, 0.2) is 18.2 Å². The summed E-state index contributed by atoms with van der Waals surface area (Å²) in [7, 11) is -1.75. The number of benzene rings is 1. The van der Waals surface area contributed by atoms with Crippen LogP contribution in [0.2, 0.25) is 18.1 Å². The predicted molar refractivity (Wildman–Crippen MR) is 78.0 cm³/mol. The SMILES string of the molecule is CC(C)(C)[Si](C)(C)OCCNc1cc(F)cc(F)c1. The van der Waals surface area contributed by atoms with E-state index >= 15 is 0 Å². The number of rotatable bonds is 5. The van der Waals surface area contributed by atoms with Gasteiger partial charge in [0.2, 0.25) is 0 Å². The predicted octanol–water partition coefficient (Wildman–Crippen LogP) is 4.40. The monoisotopic (exact) mass is 287 g/mol. The second-order valence-electron chi connectivity index (χ2n) is 6.19. The van der Waals surface area contributed by atoms with Gasteiger partial charge in [-0.1, -0.05) is 20.8 Å². The molecule has 0 unspecified atom stereocenters. The summed E-state index contributed by atoms with van der Waals surface area (Å²) in [5, 5.41) is 3.13. The molecule has 2 nitrogen and oxygen atoms in total. The van der Waals surface area contributed by atoms with Crippen molar-refractivity contribution in [2.75, 3.05) is 18.5 Å². The van der Waals surface area contributed by atoms with Crippen molar-refractivity contribution in [3.05, 3.63) is 29.8 Å². The molecule has 0 aliphatic heterocycles. The maximum Gasteiger partial charge on any atom is 0.192 e. The lowest BCUT2D eigenvalue weighted by atomic mass is 10.2. The largest absolute Gasteiger partial charge is 0.415 e. The van der Waals surface area contributed by atoms with Crippen molar-refractivity contribution in [1.29, 1.82) is 0 Å². The summed E-state index contributed by atoms with van der Waals surface area (Å²) in [5.41, 5.74) is 0.441. The summed E-state index contributed by atoms with van der Waals surface area (Å²) in [4.78, 5) is 0. The Hall–Kier alpha value is -0.943. The zero-order valence-corrected chi connectivity index (χ0v) is 13.3. The third-order valence-corrected chi connectivity index (χ3v) is 8.10. The molecule has 0 saturated heterocycles. The van der Waals surface area contributed by atoms with Crippen LogP contribution in [0.25, 0.3) is 0 Å². The smallest absolute Gasteiger partial charge is 0.192 e. The van der Waals surface area contributed by atoms with Gasteiger partial charge < -0.3 is 9.74 Å². The molecule has 1 N–H and O–H groups in total. The third-order valence-electron chi connectivity index (χ3n) is 3.56. The summed E-state index contributed by atoms with van der Waals surface area (Å²) in [6.45, 7) is 11.9. The molecule has 0 amide bonds. The molecule has 0 aliphatic rings. The maximum atomic E-state index is 13.0. The first-order valence-corrected chi connectivity index (χ1v) is 9.36. The first-order chi connectivity index (χ1) is 8.62. The van der Waals surface area contributed by atoms with E-state index in [2.05, 4.69) is 39.2 Å². The topological polar surface area (TPSA) is 21.3 Å². The van der Waals surface area contributed by atoms with Crippen molar-refractivity contribution in [3.8, 4) is 0 Å². The van der Waals surface area contributed by atoms with E-state index in [1.54, 1.807) is 0 Å². The highest BCUT2D eigenvalue weighted by atomic mass is 28.4. The van der Waals surface area contributed by atoms with E-state index in [9.17, 15) is 8.78 Å². The summed E-state index contributed by atoms with van der Waals surface area (Å²) < 4.78 is 31.9. The Labute approximate surface area is 115 Å². The zero-order valence-electron chi connectivity index (χ0n) is 12.3. The average molecular weight is 287 g/mol. The fourth-order valence-electron chi connectivity index (χ4n) is 1.37. The number of nitrogens with one attached hydrogen (secondary N) is 1. The highest BCUT2D eigenvalue weighted by Gasteiger charge is 2.36. The fourth-order valence-corrected chi connectivity index (χ4v) is 2.42. The lowest BCUT2D eigenvalue weighted by Gasteiger charge is -2.36. The van der Waals surface area contributed by atoms with Gasteiger partial charge in [0.25, 0.3) is 0 Å². The van der Waals surface area contributed by atoms with Crippen molar-refractivity contribution in [1.82, 2.24) is 0 Å². The number of anilines is 1. The quantitative estimate of drug-likeness (QED) is 0.640. The van der Waals surface area contributed by atoms with Crippen LogP contribution in [0.3, 0.4) is 0 Å². The van der Waals surface area contributed by atoms with Crippen LogP contribution in [-0.2, 0) is 4.43 Å². The van der Waals surface area contributed by atoms with Gasteiger partial charge in [-0.2, -0.15) is 0 Å². The van der Waals surface area contributed by atoms with Gasteiger partial charge in [-0.25, -0.2) is 8.78 Å². The van der Waals surface area contributed by atoms with E-state index in [1.807, 2.05) is 0 Å². The molecule has 0 spiro atoms. The average Bonchev–Trinajstić information content (AvgIpc) is 2.21. The zero-order chi connectivity index (χ0) is 14.7. The summed E-state index contributed by atoms with van der Waals surface area (Å²) in [6.07, 6.45) is 0. The van der Waals surface area contributed by atoms with E-state index in [4.69, 9.17) is 4.43 Å². The Morgan fingerprint density at radius 2 is 1.63 bits per heavy atom. The second-order valence-corrected chi connectivity index (χ2v) is 11.0. The molecule has 1 aromatic rings. The summed E-state index contributed by atoms with van der Waals surface area (Å²) in [5.74, 6) is -1.15. The van der Waals surface area contributed by atoms with E-state index in [-0.39, 0.29) is 5.04 Å². The molecule has 0 saturated carbocycles. The van der Waals surface area contributed by atoms with Gasteiger partial charge in [-0.3, -0.25) is 0 Å². The van der Waals surface area contributed by atoms with Crippen LogP contribution < -0.4 is 5.32 Å². The Bertz CT molecular complexity index is 410. The van der Waals surface area contributed by atoms with Gasteiger partial charge in [0, 0.05) is 18.3 Å². The molecule has 0 aliphatic carbocycles. The third kappa shape index (κ3) is 4.91. The van der Waals surface area contributed by atoms with E-state index in [0.29, 0.717) is 18.8 Å². The molecule has 0 radical (unpaired) electrons. The van der Waals surface area contributed by atoms with Gasteiger partial charge in [-0.05, 0) is 30.3 Å². The summed E-state index contributed by atoms with van der Waals surface area (Å²) >= 11 is 0. The van der Waals surface area contributed by atoms with Crippen LogP contribution in [-0.4, -0.2) is 21.5 Å². The fraction of sp³-hybridized carbons (Fsp3) is 0.571. The maximum absolute atomic E-state index is 13.0. The molecule has 0 bridgehead atoms. The van der Waals surface area contributed by atoms with Crippen molar-refractivity contribution in [2.24, 2.45) is 0 Å². The first-order valence-electron chi connectivity index (χ1n) is 6.46. The standard InChI is InChI=1S/C14H23F2NOSi/c1-14(2,3)19(4,5)18-7-6-17-13-9-11(15)8-12(16)10-13/h8-10,17H,6-7H2,1-5H3. The summed E-state index contributed by atoms with van der Waals surface area (Å²) in [6, 6.07) is 3.40. The Morgan fingerprint density at radius 1 is 1.11 bits per heavy atom. The molecular formula is C14H23F2NOSi. The molecule has 0 atom stereocenters. The van der Waals surface area contributed by atoms with Gasteiger partial charge in [-0.15, -0.1) is 0 Å². The number of halogens is 2. The molecule has 1 rings (SSSR count). The van der Waals surface area contributed by atoms with Crippen molar-refractivity contribution in [2.45, 2.75) is 38.9 Å². The van der Waals surface area contributed by atoms with E-state index in [0.717, 1.165) is 6.07 Å². The minimum absolute atomic E-state index is 0.165. The van der Waals surface area contributed by atoms with E-state index in [1.165, 1.54) is 12.1 Å². The van der Waals surface area contributed by atoms with Crippen LogP contribution in [0, 0.1) is 11.6 Å². The van der Waals surface area contributed by atoms with Crippen LogP contribution in [0.5, 0.6) is 0 Å². The second kappa shape index (κ2) is 6.01. The Kier molecular flexibility index (Phi) is 5.09. The normalized spacial score (nSPS) is 12.6. The van der Waals surface area contributed by atoms with Crippen LogP contribution in [0.1, 0.15) is 20.8 Å². The lowest BCUT2D eigenvalue weighted by Crippen LogP contribution is -2.41. The number of hydrogen-bond donors (Lipinski definition) is 1. The van der Waals surface area contributed by atoms with Gasteiger partial charge in [0.1, 0.15) is 11.6 Å². The molecule has 19 heavy (non-hydrogen) atoms. The molecule has 0 fully saturated rings. The molecule has 108 valence electrons. The highest BCUT2D eigenvalue weighted by molar-refractivity contribution is 6.74. The number of hydrogen-bond acceptors (Lipinski definition) is 2. The molecule has 0 aromatic heterocycles.